The second kappa shape index (κ2) is 2.75. The second-order valence-corrected chi connectivity index (χ2v) is 5.49. The average molecular weight is 166 g/mol. The van der Waals surface area contributed by atoms with Crippen molar-refractivity contribution in [2.24, 2.45) is 23.2 Å². The van der Waals surface area contributed by atoms with Crippen molar-refractivity contribution in [2.45, 2.75) is 52.9 Å². The van der Waals surface area contributed by atoms with Crippen molar-refractivity contribution in [2.75, 3.05) is 0 Å². The Kier molecular flexibility index (Phi) is 1.97. The van der Waals surface area contributed by atoms with Gasteiger partial charge in [-0.25, -0.2) is 0 Å². The fraction of sp³-hybridized carbons (Fsp3) is 1.00. The molecule has 2 saturated carbocycles. The Morgan fingerprint density at radius 1 is 1.25 bits per heavy atom. The van der Waals surface area contributed by atoms with Crippen LogP contribution >= 0.6 is 0 Å². The highest BCUT2D eigenvalue weighted by Gasteiger charge is 2.51. The first-order valence-corrected chi connectivity index (χ1v) is 5.66. The Bertz CT molecular complexity index is 169. The predicted octanol–water partition coefficient (Wildman–Crippen LogP) is 3.86. The second-order valence-electron chi connectivity index (χ2n) is 5.49. The molecule has 0 nitrogen and oxygen atoms in total. The van der Waals surface area contributed by atoms with Crippen LogP contribution in [0.4, 0.5) is 0 Å². The smallest absolute Gasteiger partial charge is 0.0295 e. The molecule has 0 spiro atoms. The van der Waals surface area contributed by atoms with E-state index in [1.54, 1.807) is 12.8 Å². The normalized spacial score (nSPS) is 43.8. The maximum absolute atomic E-state index is 2.51. The Hall–Kier alpha value is 0. The minimum absolute atomic E-state index is 0.679. The fourth-order valence-electron chi connectivity index (χ4n) is 3.89. The van der Waals surface area contributed by atoms with E-state index in [9.17, 15) is 0 Å². The fourth-order valence-corrected chi connectivity index (χ4v) is 3.89. The lowest BCUT2D eigenvalue weighted by Crippen LogP contribution is -2.30. The molecule has 2 rings (SSSR count). The van der Waals surface area contributed by atoms with Gasteiger partial charge in [0, 0.05) is 0 Å². The number of fused-ring (bicyclic) bond motifs is 2. The van der Waals surface area contributed by atoms with Crippen LogP contribution in [0.5, 0.6) is 0 Å². The van der Waals surface area contributed by atoms with Crippen molar-refractivity contribution in [3.05, 3.63) is 0 Å². The molecule has 12 heavy (non-hydrogen) atoms. The van der Waals surface area contributed by atoms with Gasteiger partial charge in [-0.05, 0) is 48.9 Å². The quantitative estimate of drug-likeness (QED) is 0.584. The van der Waals surface area contributed by atoms with Crippen molar-refractivity contribution in [1.29, 1.82) is 0 Å². The van der Waals surface area contributed by atoms with Crippen molar-refractivity contribution in [3.63, 3.8) is 0 Å². The molecular weight excluding hydrogens is 144 g/mol. The first-order chi connectivity index (χ1) is 5.66. The van der Waals surface area contributed by atoms with Crippen molar-refractivity contribution < 1.29 is 0 Å². The summed E-state index contributed by atoms with van der Waals surface area (Å²) in [5, 5.41) is 0. The van der Waals surface area contributed by atoms with Gasteiger partial charge in [0.05, 0.1) is 0 Å². The molecule has 2 bridgehead atoms. The molecule has 0 heteroatoms. The third kappa shape index (κ3) is 1.03. The largest absolute Gasteiger partial charge is 0.0654 e. The molecule has 0 amide bonds. The van der Waals surface area contributed by atoms with Gasteiger partial charge >= 0.3 is 0 Å². The lowest BCUT2D eigenvalue weighted by molar-refractivity contribution is 0.113. The van der Waals surface area contributed by atoms with Gasteiger partial charge in [-0.1, -0.05) is 27.2 Å². The Morgan fingerprint density at radius 2 is 2.00 bits per heavy atom. The molecule has 0 aromatic carbocycles. The van der Waals surface area contributed by atoms with E-state index in [1.165, 1.54) is 19.3 Å². The summed E-state index contributed by atoms with van der Waals surface area (Å²) in [6.07, 6.45) is 7.49. The first kappa shape index (κ1) is 8.59. The van der Waals surface area contributed by atoms with Crippen molar-refractivity contribution in [1.82, 2.24) is 0 Å². The molecule has 70 valence electrons. The van der Waals surface area contributed by atoms with E-state index in [4.69, 9.17) is 0 Å². The summed E-state index contributed by atoms with van der Waals surface area (Å²) in [6, 6.07) is 0. The summed E-state index contributed by atoms with van der Waals surface area (Å²) in [4.78, 5) is 0. The summed E-state index contributed by atoms with van der Waals surface area (Å²) >= 11 is 0. The van der Waals surface area contributed by atoms with Crippen LogP contribution < -0.4 is 0 Å². The average Bonchev–Trinajstić information content (AvgIpc) is 2.53. The monoisotopic (exact) mass is 166 g/mol. The van der Waals surface area contributed by atoms with E-state index < -0.39 is 0 Å². The molecule has 2 aliphatic carbocycles. The van der Waals surface area contributed by atoms with Crippen LogP contribution in [-0.4, -0.2) is 0 Å². The highest BCUT2D eigenvalue weighted by molar-refractivity contribution is 5.01. The van der Waals surface area contributed by atoms with E-state index in [2.05, 4.69) is 20.8 Å². The molecule has 3 atom stereocenters. The zero-order valence-electron chi connectivity index (χ0n) is 8.77. The van der Waals surface area contributed by atoms with E-state index >= 15 is 0 Å². The SMILES string of the molecule is CCCC1C2CCC(C2)C1(C)C. The van der Waals surface area contributed by atoms with Gasteiger partial charge in [-0.15, -0.1) is 0 Å². The number of hydrogen-bond acceptors (Lipinski definition) is 0. The van der Waals surface area contributed by atoms with Gasteiger partial charge in [-0.3, -0.25) is 0 Å². The molecule has 2 fully saturated rings. The van der Waals surface area contributed by atoms with E-state index in [-0.39, 0.29) is 0 Å². The first-order valence-electron chi connectivity index (χ1n) is 5.66. The molecular formula is C12H22. The van der Waals surface area contributed by atoms with Gasteiger partial charge in [-0.2, -0.15) is 0 Å². The van der Waals surface area contributed by atoms with Crippen LogP contribution in [0.1, 0.15) is 52.9 Å². The van der Waals surface area contributed by atoms with Crippen LogP contribution in [0.15, 0.2) is 0 Å². The summed E-state index contributed by atoms with van der Waals surface area (Å²) in [7, 11) is 0. The summed E-state index contributed by atoms with van der Waals surface area (Å²) in [5.41, 5.74) is 0.679. The van der Waals surface area contributed by atoms with Gasteiger partial charge < -0.3 is 0 Å². The predicted molar refractivity (Wildman–Crippen MR) is 53.0 cm³/mol. The molecule has 0 heterocycles. The minimum Gasteiger partial charge on any atom is -0.0654 e. The number of rotatable bonds is 2. The van der Waals surface area contributed by atoms with Crippen LogP contribution in [0, 0.1) is 23.2 Å². The highest BCUT2D eigenvalue weighted by Crippen LogP contribution is 2.60. The maximum atomic E-state index is 2.51. The standard InChI is InChI=1S/C12H22/c1-4-5-11-9-6-7-10(8-9)12(11,2)3/h9-11H,4-8H2,1-3H3. The maximum Gasteiger partial charge on any atom is -0.0295 e. The zero-order chi connectivity index (χ0) is 8.77. The van der Waals surface area contributed by atoms with Crippen LogP contribution in [0.2, 0.25) is 0 Å². The Morgan fingerprint density at radius 3 is 2.50 bits per heavy atom. The lowest BCUT2D eigenvalue weighted by atomic mass is 9.67. The van der Waals surface area contributed by atoms with Gasteiger partial charge in [0.2, 0.25) is 0 Å². The minimum atomic E-state index is 0.679. The van der Waals surface area contributed by atoms with Crippen molar-refractivity contribution in [3.8, 4) is 0 Å². The molecule has 0 saturated heterocycles. The van der Waals surface area contributed by atoms with Crippen LogP contribution in [0.25, 0.3) is 0 Å². The molecule has 0 aliphatic heterocycles. The van der Waals surface area contributed by atoms with Crippen LogP contribution in [-0.2, 0) is 0 Å². The van der Waals surface area contributed by atoms with Gasteiger partial charge in [0.15, 0.2) is 0 Å². The van der Waals surface area contributed by atoms with Gasteiger partial charge in [0.1, 0.15) is 0 Å². The highest BCUT2D eigenvalue weighted by atomic mass is 14.6. The third-order valence-corrected chi connectivity index (χ3v) is 4.65. The molecule has 0 aromatic heterocycles. The van der Waals surface area contributed by atoms with Gasteiger partial charge in [0.25, 0.3) is 0 Å². The zero-order valence-corrected chi connectivity index (χ0v) is 8.77. The molecule has 2 aliphatic rings. The van der Waals surface area contributed by atoms with E-state index in [0.717, 1.165) is 17.8 Å². The molecule has 3 unspecified atom stereocenters. The summed E-state index contributed by atoms with van der Waals surface area (Å²) in [5.74, 6) is 3.23. The van der Waals surface area contributed by atoms with Crippen molar-refractivity contribution >= 4 is 0 Å². The molecule has 0 aromatic rings. The summed E-state index contributed by atoms with van der Waals surface area (Å²) in [6.45, 7) is 7.36. The molecule has 0 N–H and O–H groups in total. The topological polar surface area (TPSA) is 0 Å². The lowest BCUT2D eigenvalue weighted by Gasteiger charge is -2.38. The summed E-state index contributed by atoms with van der Waals surface area (Å²) < 4.78 is 0. The van der Waals surface area contributed by atoms with E-state index in [0.29, 0.717) is 5.41 Å². The molecule has 0 radical (unpaired) electrons. The third-order valence-electron chi connectivity index (χ3n) is 4.65. The van der Waals surface area contributed by atoms with E-state index in [1.807, 2.05) is 0 Å². The Balaban J connectivity index is 2.12. The number of hydrogen-bond donors (Lipinski definition) is 0. The Labute approximate surface area is 76.7 Å². The van der Waals surface area contributed by atoms with Crippen LogP contribution in [0.3, 0.4) is 0 Å².